The molecule has 5 rings (SSSR count). The Kier molecular flexibility index (Phi) is 5.70. The highest BCUT2D eigenvalue weighted by atomic mass is 16.5. The van der Waals surface area contributed by atoms with Crippen LogP contribution in [0.25, 0.3) is 0 Å². The number of esters is 1. The van der Waals surface area contributed by atoms with Gasteiger partial charge in [0.15, 0.2) is 0 Å². The van der Waals surface area contributed by atoms with Crippen molar-refractivity contribution in [3.05, 3.63) is 53.1 Å². The number of ether oxygens (including phenoxy) is 1. The molecule has 3 aliphatic rings. The van der Waals surface area contributed by atoms with E-state index in [-0.39, 0.29) is 41.5 Å². The summed E-state index contributed by atoms with van der Waals surface area (Å²) in [5, 5.41) is 9.26. The zero-order valence-electron chi connectivity index (χ0n) is 17.2. The molecule has 2 saturated carbocycles. The number of benzene rings is 2. The molecule has 1 heterocycles. The first-order valence-electron chi connectivity index (χ1n) is 10.1. The molecule has 2 fully saturated rings. The minimum atomic E-state index is -0.304. The van der Waals surface area contributed by atoms with Crippen LogP contribution in [0.3, 0.4) is 0 Å². The number of carbonyl (C=O) groups excluding carboxylic acids is 3. The van der Waals surface area contributed by atoms with Gasteiger partial charge in [0, 0.05) is 5.56 Å². The van der Waals surface area contributed by atoms with E-state index in [2.05, 4.69) is 0 Å². The normalized spacial score (nSPS) is 18.5. The van der Waals surface area contributed by atoms with Gasteiger partial charge in [-0.1, -0.05) is 25.6 Å². The lowest BCUT2D eigenvalue weighted by Crippen LogP contribution is -2.16. The fourth-order valence-electron chi connectivity index (χ4n) is 4.22. The van der Waals surface area contributed by atoms with Crippen LogP contribution in [0.4, 0.5) is 5.69 Å². The summed E-state index contributed by atoms with van der Waals surface area (Å²) in [6.45, 7) is 3.25. The number of hydrogen-bond donors (Lipinski definition) is 2. The van der Waals surface area contributed by atoms with Crippen molar-refractivity contribution in [3.63, 3.8) is 0 Å². The van der Waals surface area contributed by atoms with Crippen molar-refractivity contribution in [2.75, 3.05) is 5.73 Å². The quantitative estimate of drug-likeness (QED) is 0.333. The van der Waals surface area contributed by atoms with Gasteiger partial charge in [-0.25, -0.2) is 0 Å². The maximum absolute atomic E-state index is 11.6. The summed E-state index contributed by atoms with van der Waals surface area (Å²) in [6, 6.07) is 10.7. The standard InChI is InChI=1S/C13H12O3.C11H13NO2.CH4/c1-8(14)13(4-5-13)10-2-3-11-9(6-10)7-12(15)16-11;1-7(13)11(4-5-11)8-2-3-10(14)9(12)6-8;/h2-3,6H,4-5,7H2,1H3;2-3,6,14H,4-5,12H2,1H3;1H4. The number of phenolic OH excluding ortho intramolecular Hbond substituents is 1. The van der Waals surface area contributed by atoms with E-state index in [0.29, 0.717) is 17.9 Å². The summed E-state index contributed by atoms with van der Waals surface area (Å²) < 4.78 is 5.03. The third kappa shape index (κ3) is 3.94. The van der Waals surface area contributed by atoms with E-state index in [4.69, 9.17) is 10.5 Å². The van der Waals surface area contributed by atoms with Crippen molar-refractivity contribution < 1.29 is 24.2 Å². The lowest BCUT2D eigenvalue weighted by molar-refractivity contribution is -0.132. The Hall–Kier alpha value is -3.15. The topological polar surface area (TPSA) is 107 Å². The molecule has 1 aliphatic heterocycles. The molecule has 6 heteroatoms. The van der Waals surface area contributed by atoms with Gasteiger partial charge in [-0.2, -0.15) is 0 Å². The van der Waals surface area contributed by atoms with Crippen LogP contribution in [0, 0.1) is 0 Å². The van der Waals surface area contributed by atoms with Crippen LogP contribution in [-0.2, 0) is 31.6 Å². The average molecular weight is 424 g/mol. The van der Waals surface area contributed by atoms with Gasteiger partial charge in [0.1, 0.15) is 23.1 Å². The molecule has 3 N–H and O–H groups in total. The first kappa shape index (κ1) is 22.5. The Bertz CT molecular complexity index is 1060. The molecular formula is C25H29NO5. The molecule has 2 aliphatic carbocycles. The second-order valence-corrected chi connectivity index (χ2v) is 8.52. The molecule has 0 bridgehead atoms. The fraction of sp³-hybridized carbons (Fsp3) is 0.400. The lowest BCUT2D eigenvalue weighted by Gasteiger charge is -2.12. The molecule has 0 radical (unpaired) electrons. The summed E-state index contributed by atoms with van der Waals surface area (Å²) in [7, 11) is 0. The van der Waals surface area contributed by atoms with Crippen molar-refractivity contribution in [3.8, 4) is 11.5 Å². The van der Waals surface area contributed by atoms with Gasteiger partial charge in [-0.3, -0.25) is 14.4 Å². The third-order valence-electron chi connectivity index (χ3n) is 6.60. The van der Waals surface area contributed by atoms with Gasteiger partial charge in [0.05, 0.1) is 22.9 Å². The van der Waals surface area contributed by atoms with Crippen LogP contribution >= 0.6 is 0 Å². The first-order chi connectivity index (χ1) is 14.2. The predicted octanol–water partition coefficient (Wildman–Crippen LogP) is 4.00. The molecule has 2 aromatic carbocycles. The van der Waals surface area contributed by atoms with Crippen molar-refractivity contribution in [1.82, 2.24) is 0 Å². The van der Waals surface area contributed by atoms with Gasteiger partial charge in [-0.05, 0) is 68.9 Å². The monoisotopic (exact) mass is 423 g/mol. The summed E-state index contributed by atoms with van der Waals surface area (Å²) in [4.78, 5) is 34.1. The van der Waals surface area contributed by atoms with Crippen molar-refractivity contribution in [1.29, 1.82) is 0 Å². The molecular weight excluding hydrogens is 394 g/mol. The number of Topliss-reactive ketones (excluding diaryl/α,β-unsaturated/α-hetero) is 2. The second kappa shape index (κ2) is 7.84. The van der Waals surface area contributed by atoms with Crippen molar-refractivity contribution in [2.45, 2.75) is 64.2 Å². The molecule has 0 atom stereocenters. The zero-order chi connectivity index (χ0) is 21.7. The average Bonchev–Trinajstić information content (AvgIpc) is 3.59. The number of hydrogen-bond acceptors (Lipinski definition) is 6. The molecule has 0 saturated heterocycles. The molecule has 164 valence electrons. The van der Waals surface area contributed by atoms with Crippen molar-refractivity contribution >= 4 is 23.2 Å². The lowest BCUT2D eigenvalue weighted by atomic mass is 9.90. The Balaban J connectivity index is 0.000000172. The summed E-state index contributed by atoms with van der Waals surface area (Å²) >= 11 is 0. The zero-order valence-corrected chi connectivity index (χ0v) is 17.2. The number of ketones is 2. The van der Waals surface area contributed by atoms with E-state index in [1.54, 1.807) is 38.1 Å². The summed E-state index contributed by atoms with van der Waals surface area (Å²) in [5.41, 5.74) is 8.24. The maximum Gasteiger partial charge on any atom is 0.315 e. The first-order valence-corrected chi connectivity index (χ1v) is 10.1. The van der Waals surface area contributed by atoms with Crippen LogP contribution in [0.5, 0.6) is 11.5 Å². The second-order valence-electron chi connectivity index (χ2n) is 8.52. The van der Waals surface area contributed by atoms with Crippen LogP contribution < -0.4 is 10.5 Å². The fourth-order valence-corrected chi connectivity index (χ4v) is 4.22. The van der Waals surface area contributed by atoms with E-state index in [0.717, 1.165) is 42.4 Å². The third-order valence-corrected chi connectivity index (χ3v) is 6.60. The van der Waals surface area contributed by atoms with E-state index in [1.165, 1.54) is 0 Å². The van der Waals surface area contributed by atoms with Gasteiger partial charge >= 0.3 is 5.97 Å². The van der Waals surface area contributed by atoms with Crippen molar-refractivity contribution in [2.24, 2.45) is 0 Å². The van der Waals surface area contributed by atoms with Gasteiger partial charge < -0.3 is 15.6 Å². The van der Waals surface area contributed by atoms with Gasteiger partial charge in [-0.15, -0.1) is 0 Å². The molecule has 0 unspecified atom stereocenters. The van der Waals surface area contributed by atoms with Crippen LogP contribution in [0.1, 0.15) is 63.6 Å². The number of fused-ring (bicyclic) bond motifs is 1. The highest BCUT2D eigenvalue weighted by molar-refractivity contribution is 5.92. The molecule has 2 aromatic rings. The van der Waals surface area contributed by atoms with E-state index < -0.39 is 0 Å². The van der Waals surface area contributed by atoms with Crippen LogP contribution in [0.15, 0.2) is 36.4 Å². The predicted molar refractivity (Wildman–Crippen MR) is 118 cm³/mol. The maximum atomic E-state index is 11.6. The van der Waals surface area contributed by atoms with Crippen LogP contribution in [-0.4, -0.2) is 22.6 Å². The number of phenols is 1. The molecule has 0 aromatic heterocycles. The molecule has 0 amide bonds. The largest absolute Gasteiger partial charge is 0.506 e. The Labute approximate surface area is 182 Å². The number of nitrogens with two attached hydrogens (primary N) is 1. The number of carbonyl (C=O) groups is 3. The minimum absolute atomic E-state index is 0. The number of aromatic hydroxyl groups is 1. The van der Waals surface area contributed by atoms with E-state index in [9.17, 15) is 19.5 Å². The number of rotatable bonds is 4. The summed E-state index contributed by atoms with van der Waals surface area (Å²) in [6.07, 6.45) is 3.97. The highest BCUT2D eigenvalue weighted by Crippen LogP contribution is 2.50. The molecule has 0 spiro atoms. The SMILES string of the molecule is C.CC(=O)C1(c2ccc(O)c(N)c2)CC1.CC(=O)C1(c2ccc3c(c2)CC(=O)O3)CC1. The van der Waals surface area contributed by atoms with Crippen LogP contribution in [0.2, 0.25) is 0 Å². The number of nitrogen functional groups attached to an aromatic ring is 1. The smallest absolute Gasteiger partial charge is 0.315 e. The van der Waals surface area contributed by atoms with Gasteiger partial charge in [0.2, 0.25) is 0 Å². The van der Waals surface area contributed by atoms with Gasteiger partial charge in [0.25, 0.3) is 0 Å². The van der Waals surface area contributed by atoms with E-state index in [1.807, 2.05) is 12.1 Å². The Morgan fingerprint density at radius 3 is 1.94 bits per heavy atom. The molecule has 31 heavy (non-hydrogen) atoms. The minimum Gasteiger partial charge on any atom is -0.506 e. The highest BCUT2D eigenvalue weighted by Gasteiger charge is 2.49. The number of anilines is 1. The Morgan fingerprint density at radius 2 is 1.45 bits per heavy atom. The Morgan fingerprint density at radius 1 is 0.935 bits per heavy atom. The molecule has 6 nitrogen and oxygen atoms in total. The van der Waals surface area contributed by atoms with E-state index >= 15 is 0 Å². The summed E-state index contributed by atoms with van der Waals surface area (Å²) in [5.74, 6) is 0.918.